The first-order chi connectivity index (χ1) is 8.65. The van der Waals surface area contributed by atoms with Gasteiger partial charge in [-0.15, -0.1) is 11.3 Å². The molecule has 1 unspecified atom stereocenters. The number of hydrogen-bond donors (Lipinski definition) is 1. The second-order valence-electron chi connectivity index (χ2n) is 5.21. The lowest BCUT2D eigenvalue weighted by Gasteiger charge is -2.21. The van der Waals surface area contributed by atoms with E-state index in [2.05, 4.69) is 55.5 Å². The van der Waals surface area contributed by atoms with Crippen LogP contribution >= 0.6 is 11.3 Å². The molecule has 0 amide bonds. The topological polar surface area (TPSA) is 15.3 Å². The molecule has 3 heteroatoms. The van der Waals surface area contributed by atoms with E-state index in [0.717, 1.165) is 6.54 Å². The maximum Gasteiger partial charge on any atom is 0.0412 e. The summed E-state index contributed by atoms with van der Waals surface area (Å²) in [5.41, 5.74) is 0. The van der Waals surface area contributed by atoms with Crippen molar-refractivity contribution in [1.29, 1.82) is 0 Å². The summed E-state index contributed by atoms with van der Waals surface area (Å²) in [7, 11) is 2.21. The van der Waals surface area contributed by atoms with Crippen molar-refractivity contribution in [3.63, 3.8) is 0 Å². The minimum Gasteiger partial charge on any atom is -0.309 e. The quantitative estimate of drug-likeness (QED) is 0.683. The van der Waals surface area contributed by atoms with Crippen LogP contribution in [0.15, 0.2) is 17.5 Å². The van der Waals surface area contributed by atoms with Gasteiger partial charge in [-0.25, -0.2) is 0 Å². The van der Waals surface area contributed by atoms with Crippen LogP contribution in [0.25, 0.3) is 0 Å². The Morgan fingerprint density at radius 2 is 2.11 bits per heavy atom. The highest BCUT2D eigenvalue weighted by atomic mass is 32.1. The summed E-state index contributed by atoms with van der Waals surface area (Å²) in [6.07, 6.45) is 3.72. The molecule has 2 nitrogen and oxygen atoms in total. The van der Waals surface area contributed by atoms with Gasteiger partial charge in [-0.05, 0) is 64.7 Å². The van der Waals surface area contributed by atoms with Crippen LogP contribution < -0.4 is 5.32 Å². The van der Waals surface area contributed by atoms with E-state index in [1.807, 2.05) is 11.3 Å². The Labute approximate surface area is 116 Å². The van der Waals surface area contributed by atoms with Gasteiger partial charge < -0.3 is 10.2 Å². The Morgan fingerprint density at radius 3 is 2.67 bits per heavy atom. The molecule has 1 aromatic heterocycles. The summed E-state index contributed by atoms with van der Waals surface area (Å²) >= 11 is 1.86. The molecule has 0 spiro atoms. The number of nitrogens with one attached hydrogen (secondary N) is 1. The Bertz CT molecular complexity index is 295. The second kappa shape index (κ2) is 8.68. The van der Waals surface area contributed by atoms with Crippen LogP contribution in [0, 0.1) is 0 Å². The summed E-state index contributed by atoms with van der Waals surface area (Å²) in [6, 6.07) is 5.58. The SMILES string of the molecule is CCC(NCCCCN(C)C(C)C)c1cccs1. The van der Waals surface area contributed by atoms with Gasteiger partial charge in [0.2, 0.25) is 0 Å². The zero-order chi connectivity index (χ0) is 13.4. The van der Waals surface area contributed by atoms with Crippen LogP contribution in [0.5, 0.6) is 0 Å². The summed E-state index contributed by atoms with van der Waals surface area (Å²) in [6.45, 7) is 9.09. The molecule has 0 bridgehead atoms. The van der Waals surface area contributed by atoms with Crippen molar-refractivity contribution in [2.75, 3.05) is 20.1 Å². The van der Waals surface area contributed by atoms with E-state index in [-0.39, 0.29) is 0 Å². The predicted molar refractivity (Wildman–Crippen MR) is 82.4 cm³/mol. The van der Waals surface area contributed by atoms with Crippen molar-refractivity contribution < 1.29 is 0 Å². The van der Waals surface area contributed by atoms with Crippen molar-refractivity contribution in [3.05, 3.63) is 22.4 Å². The largest absolute Gasteiger partial charge is 0.309 e. The average Bonchev–Trinajstić information content (AvgIpc) is 2.87. The first-order valence-electron chi connectivity index (χ1n) is 7.12. The van der Waals surface area contributed by atoms with Gasteiger partial charge >= 0.3 is 0 Å². The number of rotatable bonds is 9. The normalized spacial score (nSPS) is 13.4. The molecule has 104 valence electrons. The lowest BCUT2D eigenvalue weighted by atomic mass is 10.2. The molecule has 0 aliphatic heterocycles. The van der Waals surface area contributed by atoms with Crippen molar-refractivity contribution in [2.45, 2.75) is 52.1 Å². The maximum atomic E-state index is 3.67. The Kier molecular flexibility index (Phi) is 7.56. The molecule has 0 aliphatic rings. The lowest BCUT2D eigenvalue weighted by Crippen LogP contribution is -2.28. The fraction of sp³-hybridized carbons (Fsp3) is 0.733. The number of hydrogen-bond acceptors (Lipinski definition) is 3. The molecule has 0 radical (unpaired) electrons. The summed E-state index contributed by atoms with van der Waals surface area (Å²) in [4.78, 5) is 3.88. The van der Waals surface area contributed by atoms with E-state index < -0.39 is 0 Å². The van der Waals surface area contributed by atoms with Gasteiger partial charge in [0.05, 0.1) is 0 Å². The molecule has 1 N–H and O–H groups in total. The average molecular weight is 268 g/mol. The van der Waals surface area contributed by atoms with Gasteiger partial charge in [-0.3, -0.25) is 0 Å². The van der Waals surface area contributed by atoms with Crippen molar-refractivity contribution >= 4 is 11.3 Å². The Balaban J connectivity index is 2.13. The highest BCUT2D eigenvalue weighted by Gasteiger charge is 2.08. The van der Waals surface area contributed by atoms with Crippen LogP contribution in [0.3, 0.4) is 0 Å². The third-order valence-corrected chi connectivity index (χ3v) is 4.49. The van der Waals surface area contributed by atoms with E-state index in [9.17, 15) is 0 Å². The zero-order valence-electron chi connectivity index (χ0n) is 12.3. The molecule has 18 heavy (non-hydrogen) atoms. The summed E-state index contributed by atoms with van der Waals surface area (Å²) in [5, 5.41) is 5.83. The summed E-state index contributed by atoms with van der Waals surface area (Å²) in [5.74, 6) is 0. The molecule has 0 saturated carbocycles. The van der Waals surface area contributed by atoms with Gasteiger partial charge in [0.1, 0.15) is 0 Å². The van der Waals surface area contributed by atoms with Gasteiger partial charge in [0.15, 0.2) is 0 Å². The minimum atomic E-state index is 0.549. The van der Waals surface area contributed by atoms with Crippen LogP contribution in [-0.4, -0.2) is 31.1 Å². The fourth-order valence-corrected chi connectivity index (χ4v) is 2.84. The highest BCUT2D eigenvalue weighted by Crippen LogP contribution is 2.21. The monoisotopic (exact) mass is 268 g/mol. The van der Waals surface area contributed by atoms with Crippen molar-refractivity contribution in [2.24, 2.45) is 0 Å². The molecule has 1 aromatic rings. The van der Waals surface area contributed by atoms with E-state index in [0.29, 0.717) is 12.1 Å². The van der Waals surface area contributed by atoms with E-state index in [1.54, 1.807) is 0 Å². The van der Waals surface area contributed by atoms with Gasteiger partial charge in [-0.1, -0.05) is 13.0 Å². The van der Waals surface area contributed by atoms with E-state index in [4.69, 9.17) is 0 Å². The molecule has 0 aliphatic carbocycles. The Morgan fingerprint density at radius 1 is 1.33 bits per heavy atom. The van der Waals surface area contributed by atoms with Gasteiger partial charge in [-0.2, -0.15) is 0 Å². The molecule has 0 fully saturated rings. The van der Waals surface area contributed by atoms with Crippen LogP contribution in [0.4, 0.5) is 0 Å². The third kappa shape index (κ3) is 5.51. The van der Waals surface area contributed by atoms with Crippen molar-refractivity contribution in [3.8, 4) is 0 Å². The van der Waals surface area contributed by atoms with Crippen LogP contribution in [-0.2, 0) is 0 Å². The molecule has 0 aromatic carbocycles. The molecular weight excluding hydrogens is 240 g/mol. The molecule has 1 atom stereocenters. The number of nitrogens with zero attached hydrogens (tertiary/aromatic N) is 1. The third-order valence-electron chi connectivity index (χ3n) is 3.50. The van der Waals surface area contributed by atoms with E-state index >= 15 is 0 Å². The highest BCUT2D eigenvalue weighted by molar-refractivity contribution is 7.10. The zero-order valence-corrected chi connectivity index (χ0v) is 13.1. The minimum absolute atomic E-state index is 0.549. The van der Waals surface area contributed by atoms with Crippen molar-refractivity contribution in [1.82, 2.24) is 10.2 Å². The smallest absolute Gasteiger partial charge is 0.0412 e. The van der Waals surface area contributed by atoms with Crippen LogP contribution in [0.2, 0.25) is 0 Å². The molecule has 0 saturated heterocycles. The van der Waals surface area contributed by atoms with Crippen LogP contribution in [0.1, 0.15) is 51.0 Å². The fourth-order valence-electron chi connectivity index (χ4n) is 1.96. The second-order valence-corrected chi connectivity index (χ2v) is 6.19. The molecular formula is C15H28N2S. The molecule has 1 rings (SSSR count). The molecule has 1 heterocycles. The number of unbranched alkanes of at least 4 members (excludes halogenated alkanes) is 1. The predicted octanol–water partition coefficient (Wildman–Crippen LogP) is 3.91. The Hall–Kier alpha value is -0.380. The maximum absolute atomic E-state index is 3.67. The first kappa shape index (κ1) is 15.7. The standard InChI is InChI=1S/C15H28N2S/c1-5-14(15-9-8-12-18-15)16-10-6-7-11-17(4)13(2)3/h8-9,12-14,16H,5-7,10-11H2,1-4H3. The van der Waals surface area contributed by atoms with Gasteiger partial charge in [0, 0.05) is 17.0 Å². The van der Waals surface area contributed by atoms with Gasteiger partial charge in [0.25, 0.3) is 0 Å². The van der Waals surface area contributed by atoms with E-state index in [1.165, 1.54) is 30.7 Å². The first-order valence-corrected chi connectivity index (χ1v) is 8.00. The number of thiophene rings is 1. The summed E-state index contributed by atoms with van der Waals surface area (Å²) < 4.78 is 0. The lowest BCUT2D eigenvalue weighted by molar-refractivity contribution is 0.267.